The molecule has 3 aromatic rings. The minimum Gasteiger partial charge on any atom is -0.382 e. The summed E-state index contributed by atoms with van der Waals surface area (Å²) < 4.78 is 42.0. The van der Waals surface area contributed by atoms with Crippen molar-refractivity contribution in [1.82, 2.24) is 14.8 Å². The number of aromatic nitrogens is 3. The van der Waals surface area contributed by atoms with Gasteiger partial charge in [-0.25, -0.2) is 18.4 Å². The first-order valence-corrected chi connectivity index (χ1v) is 13.0. The largest absolute Gasteiger partial charge is 0.382 e. The Morgan fingerprint density at radius 3 is 2.74 bits per heavy atom. The van der Waals surface area contributed by atoms with E-state index in [9.17, 15) is 13.9 Å². The molecule has 0 radical (unpaired) electrons. The van der Waals surface area contributed by atoms with Crippen molar-refractivity contribution in [3.05, 3.63) is 87.6 Å². The second-order valence-corrected chi connectivity index (χ2v) is 11.4. The highest BCUT2D eigenvalue weighted by molar-refractivity contribution is 8.00. The number of rotatable bonds is 9. The maximum absolute atomic E-state index is 14.7. The molecule has 1 aliphatic heterocycles. The molecule has 11 heteroatoms. The molecule has 0 aliphatic carbocycles. The lowest BCUT2D eigenvalue weighted by Gasteiger charge is -2.37. The molecule has 0 unspecified atom stereocenters. The Morgan fingerprint density at radius 1 is 1.29 bits per heavy atom. The summed E-state index contributed by atoms with van der Waals surface area (Å²) in [5.74, 6) is -1.53. The number of aliphatic hydroxyl groups is 1. The van der Waals surface area contributed by atoms with E-state index < -0.39 is 28.8 Å². The molecule has 1 fully saturated rings. The Kier molecular flexibility index (Phi) is 8.74. The quantitative estimate of drug-likeness (QED) is 0.373. The van der Waals surface area contributed by atoms with Crippen molar-refractivity contribution in [3.8, 4) is 0 Å². The molecule has 0 spiro atoms. The standard InChI is InChI=1S/C24H24ClF2N3O3S2/c1-16(24(31,13-30-15-28-14-29-30)20-8-6-17(26)10-21(20)27)34-19-11-32-23(33-12-19)5-3-2-4-18-7-9-22(25)35-18/h2-10,14-16,19,23,31H,11-13H2,1H3/b4-2+,5-3+/t16-,19?,23?,24-/m1/s1. The van der Waals surface area contributed by atoms with E-state index in [-0.39, 0.29) is 17.4 Å². The van der Waals surface area contributed by atoms with Crippen LogP contribution in [0.2, 0.25) is 4.34 Å². The van der Waals surface area contributed by atoms with Gasteiger partial charge in [0.2, 0.25) is 0 Å². The number of allylic oxidation sites excluding steroid dienone is 2. The van der Waals surface area contributed by atoms with Crippen LogP contribution in [0.25, 0.3) is 6.08 Å². The van der Waals surface area contributed by atoms with Crippen LogP contribution in [0, 0.1) is 11.6 Å². The third-order valence-electron chi connectivity index (χ3n) is 5.46. The number of nitrogens with zero attached hydrogens (tertiary/aromatic N) is 3. The lowest BCUT2D eigenvalue weighted by molar-refractivity contribution is -0.146. The van der Waals surface area contributed by atoms with Gasteiger partial charge in [-0.15, -0.1) is 23.1 Å². The van der Waals surface area contributed by atoms with E-state index in [4.69, 9.17) is 21.1 Å². The fourth-order valence-corrected chi connectivity index (χ4v) is 5.94. The van der Waals surface area contributed by atoms with Crippen LogP contribution in [0.3, 0.4) is 0 Å². The molecule has 1 N–H and O–H groups in total. The molecular weight excluding hydrogens is 516 g/mol. The van der Waals surface area contributed by atoms with Crippen molar-refractivity contribution < 1.29 is 23.4 Å². The molecule has 1 aliphatic rings. The molecule has 0 saturated carbocycles. The number of ether oxygens (including phenoxy) is 2. The lowest BCUT2D eigenvalue weighted by Crippen LogP contribution is -2.43. The van der Waals surface area contributed by atoms with Gasteiger partial charge >= 0.3 is 0 Å². The van der Waals surface area contributed by atoms with E-state index in [1.807, 2.05) is 36.4 Å². The molecule has 4 rings (SSSR count). The minimum absolute atomic E-state index is 0.00771. The van der Waals surface area contributed by atoms with Crippen molar-refractivity contribution >= 4 is 40.8 Å². The van der Waals surface area contributed by atoms with Crippen LogP contribution in [0.15, 0.2) is 61.2 Å². The molecule has 1 aromatic carbocycles. The Balaban J connectivity index is 1.37. The van der Waals surface area contributed by atoms with E-state index in [0.717, 1.165) is 21.3 Å². The normalized spacial score (nSPS) is 21.5. The van der Waals surface area contributed by atoms with Crippen LogP contribution >= 0.6 is 34.7 Å². The maximum Gasteiger partial charge on any atom is 0.177 e. The minimum atomic E-state index is -1.68. The number of hydrogen-bond donors (Lipinski definition) is 1. The summed E-state index contributed by atoms with van der Waals surface area (Å²) in [4.78, 5) is 4.94. The molecule has 35 heavy (non-hydrogen) atoms. The van der Waals surface area contributed by atoms with Crippen molar-refractivity contribution in [2.75, 3.05) is 13.2 Å². The Bertz CT molecular complexity index is 1170. The first-order valence-electron chi connectivity index (χ1n) is 10.8. The summed E-state index contributed by atoms with van der Waals surface area (Å²) in [7, 11) is 0. The first-order chi connectivity index (χ1) is 16.8. The zero-order valence-corrected chi connectivity index (χ0v) is 21.1. The molecular formula is C24H24ClF2N3O3S2. The monoisotopic (exact) mass is 539 g/mol. The maximum atomic E-state index is 14.7. The molecule has 2 aromatic heterocycles. The van der Waals surface area contributed by atoms with Crippen LogP contribution in [-0.2, 0) is 21.6 Å². The number of thioether (sulfide) groups is 1. The smallest absolute Gasteiger partial charge is 0.177 e. The fourth-order valence-electron chi connectivity index (χ4n) is 3.65. The molecule has 0 amide bonds. The molecule has 1 saturated heterocycles. The van der Waals surface area contributed by atoms with E-state index in [2.05, 4.69) is 10.1 Å². The third kappa shape index (κ3) is 6.78. The van der Waals surface area contributed by atoms with E-state index >= 15 is 0 Å². The molecule has 0 bridgehead atoms. The summed E-state index contributed by atoms with van der Waals surface area (Å²) in [5.41, 5.74) is -1.69. The predicted molar refractivity (Wildman–Crippen MR) is 134 cm³/mol. The zero-order valence-electron chi connectivity index (χ0n) is 18.8. The summed E-state index contributed by atoms with van der Waals surface area (Å²) in [6.07, 6.45) is 9.78. The SMILES string of the molecule is C[C@@H](SC1COC(/C=C/C=C/c2ccc(Cl)s2)OC1)[C@](O)(Cn1cncn1)c1ccc(F)cc1F. The molecule has 186 valence electrons. The Hall–Kier alpha value is -2.08. The fraction of sp³-hybridized carbons (Fsp3) is 0.333. The van der Waals surface area contributed by atoms with Crippen LogP contribution in [-0.4, -0.2) is 49.9 Å². The van der Waals surface area contributed by atoms with Gasteiger partial charge < -0.3 is 14.6 Å². The number of halogens is 3. The van der Waals surface area contributed by atoms with Gasteiger partial charge in [0.1, 0.15) is 29.9 Å². The number of hydrogen-bond acceptors (Lipinski definition) is 7. The van der Waals surface area contributed by atoms with Crippen LogP contribution in [0.4, 0.5) is 8.78 Å². The van der Waals surface area contributed by atoms with Gasteiger partial charge in [-0.3, -0.25) is 0 Å². The van der Waals surface area contributed by atoms with Gasteiger partial charge in [0.25, 0.3) is 0 Å². The van der Waals surface area contributed by atoms with Crippen molar-refractivity contribution in [2.24, 2.45) is 0 Å². The van der Waals surface area contributed by atoms with Gasteiger partial charge in [0, 0.05) is 21.8 Å². The predicted octanol–water partition coefficient (Wildman–Crippen LogP) is 5.29. The van der Waals surface area contributed by atoms with E-state index in [0.29, 0.717) is 13.2 Å². The molecule has 2 atom stereocenters. The lowest BCUT2D eigenvalue weighted by atomic mass is 9.90. The highest BCUT2D eigenvalue weighted by Crippen LogP contribution is 2.38. The summed E-state index contributed by atoms with van der Waals surface area (Å²) in [5, 5.41) is 15.1. The van der Waals surface area contributed by atoms with Crippen molar-refractivity contribution in [3.63, 3.8) is 0 Å². The number of benzene rings is 1. The average molecular weight is 540 g/mol. The first kappa shape index (κ1) is 26.0. The van der Waals surface area contributed by atoms with Crippen molar-refractivity contribution in [2.45, 2.75) is 35.9 Å². The van der Waals surface area contributed by atoms with Gasteiger partial charge in [-0.05, 0) is 30.4 Å². The second kappa shape index (κ2) is 11.8. The zero-order chi connectivity index (χ0) is 24.8. The highest BCUT2D eigenvalue weighted by atomic mass is 35.5. The van der Waals surface area contributed by atoms with Gasteiger partial charge in [0.15, 0.2) is 6.29 Å². The van der Waals surface area contributed by atoms with E-state index in [1.54, 1.807) is 6.92 Å². The average Bonchev–Trinajstić information content (AvgIpc) is 3.49. The highest BCUT2D eigenvalue weighted by Gasteiger charge is 2.41. The third-order valence-corrected chi connectivity index (χ3v) is 8.11. The van der Waals surface area contributed by atoms with Gasteiger partial charge in [-0.2, -0.15) is 5.10 Å². The van der Waals surface area contributed by atoms with Crippen LogP contribution in [0.1, 0.15) is 17.4 Å². The summed E-state index contributed by atoms with van der Waals surface area (Å²) in [6, 6.07) is 6.96. The summed E-state index contributed by atoms with van der Waals surface area (Å²) in [6.45, 7) is 2.52. The van der Waals surface area contributed by atoms with Crippen LogP contribution in [0.5, 0.6) is 0 Å². The van der Waals surface area contributed by atoms with Gasteiger partial charge in [0.05, 0.1) is 29.3 Å². The van der Waals surface area contributed by atoms with E-state index in [1.165, 1.54) is 46.5 Å². The molecule has 6 nitrogen and oxygen atoms in total. The van der Waals surface area contributed by atoms with Crippen molar-refractivity contribution in [1.29, 1.82) is 0 Å². The Morgan fingerprint density at radius 2 is 2.09 bits per heavy atom. The van der Waals surface area contributed by atoms with Gasteiger partial charge in [-0.1, -0.05) is 36.7 Å². The molecule has 3 heterocycles. The number of thiophene rings is 1. The topological polar surface area (TPSA) is 69.4 Å². The summed E-state index contributed by atoms with van der Waals surface area (Å²) >= 11 is 8.83. The Labute approximate surface area is 215 Å². The second-order valence-electron chi connectivity index (χ2n) is 7.96. The van der Waals surface area contributed by atoms with Crippen LogP contribution < -0.4 is 0 Å².